The smallest absolute Gasteiger partial charge is 0.335 e. The van der Waals surface area contributed by atoms with Gasteiger partial charge in [0.25, 0.3) is 5.92 Å². The van der Waals surface area contributed by atoms with Crippen LogP contribution in [-0.4, -0.2) is 37.2 Å². The summed E-state index contributed by atoms with van der Waals surface area (Å²) in [6.07, 6.45) is -0.216. The predicted molar refractivity (Wildman–Crippen MR) is 61.7 cm³/mol. The van der Waals surface area contributed by atoms with Crippen LogP contribution < -0.4 is 9.64 Å². The largest absolute Gasteiger partial charge is 0.497 e. The number of benzene rings is 1. The van der Waals surface area contributed by atoms with Crippen molar-refractivity contribution in [2.75, 3.05) is 25.1 Å². The lowest BCUT2D eigenvalue weighted by Crippen LogP contribution is -2.25. The highest BCUT2D eigenvalue weighted by Crippen LogP contribution is 2.33. The Balaban J connectivity index is 2.33. The Bertz CT molecular complexity index is 476. The van der Waals surface area contributed by atoms with Crippen LogP contribution in [0.5, 0.6) is 5.75 Å². The van der Waals surface area contributed by atoms with Crippen LogP contribution in [0, 0.1) is 0 Å². The van der Waals surface area contributed by atoms with Gasteiger partial charge in [-0.05, 0) is 12.1 Å². The molecule has 6 heteroatoms. The molecule has 1 aromatic rings. The monoisotopic (exact) mass is 257 g/mol. The first-order valence-electron chi connectivity index (χ1n) is 5.46. The minimum Gasteiger partial charge on any atom is -0.497 e. The third kappa shape index (κ3) is 2.52. The molecule has 2 rings (SSSR count). The summed E-state index contributed by atoms with van der Waals surface area (Å²) in [5.41, 5.74) is 0.475. The van der Waals surface area contributed by atoms with Gasteiger partial charge in [-0.3, -0.25) is 0 Å². The van der Waals surface area contributed by atoms with Crippen LogP contribution in [0.2, 0.25) is 0 Å². The minimum absolute atomic E-state index is 0.0274. The molecule has 0 atom stereocenters. The molecule has 98 valence electrons. The highest BCUT2D eigenvalue weighted by atomic mass is 19.3. The number of rotatable bonds is 3. The molecule has 1 saturated heterocycles. The van der Waals surface area contributed by atoms with Crippen LogP contribution in [0.4, 0.5) is 14.5 Å². The number of anilines is 1. The molecular formula is C12H13F2NO3. The van der Waals surface area contributed by atoms with E-state index in [-0.39, 0.29) is 25.1 Å². The molecule has 0 aromatic heterocycles. The van der Waals surface area contributed by atoms with Crippen LogP contribution in [0.25, 0.3) is 0 Å². The molecule has 0 aliphatic carbocycles. The van der Waals surface area contributed by atoms with Crippen molar-refractivity contribution in [1.82, 2.24) is 0 Å². The van der Waals surface area contributed by atoms with Crippen molar-refractivity contribution in [1.29, 1.82) is 0 Å². The quantitative estimate of drug-likeness (QED) is 0.902. The number of nitrogens with zero attached hydrogens (tertiary/aromatic N) is 1. The molecule has 4 nitrogen and oxygen atoms in total. The lowest BCUT2D eigenvalue weighted by atomic mass is 10.1. The summed E-state index contributed by atoms with van der Waals surface area (Å²) in [6.45, 7) is -0.182. The van der Waals surface area contributed by atoms with Crippen LogP contribution >= 0.6 is 0 Å². The van der Waals surface area contributed by atoms with Crippen LogP contribution in [0.15, 0.2) is 18.2 Å². The molecule has 1 aromatic carbocycles. The van der Waals surface area contributed by atoms with Crippen molar-refractivity contribution in [3.63, 3.8) is 0 Å². The molecule has 1 heterocycles. The Morgan fingerprint density at radius 3 is 2.67 bits per heavy atom. The minimum atomic E-state index is -2.72. The van der Waals surface area contributed by atoms with Crippen molar-refractivity contribution < 1.29 is 23.4 Å². The molecule has 0 spiro atoms. The van der Waals surface area contributed by atoms with Crippen molar-refractivity contribution in [3.05, 3.63) is 23.8 Å². The average molecular weight is 257 g/mol. The molecule has 1 aliphatic heterocycles. The number of methoxy groups -OCH3 is 1. The fourth-order valence-electron chi connectivity index (χ4n) is 1.96. The number of carbonyl (C=O) groups is 1. The number of carboxylic acids is 1. The molecule has 0 unspecified atom stereocenters. The first-order chi connectivity index (χ1) is 8.41. The van der Waals surface area contributed by atoms with E-state index in [9.17, 15) is 13.6 Å². The molecule has 18 heavy (non-hydrogen) atoms. The Morgan fingerprint density at radius 1 is 1.44 bits per heavy atom. The zero-order valence-corrected chi connectivity index (χ0v) is 9.82. The van der Waals surface area contributed by atoms with Gasteiger partial charge in [0.2, 0.25) is 0 Å². The van der Waals surface area contributed by atoms with Gasteiger partial charge < -0.3 is 14.7 Å². The summed E-state index contributed by atoms with van der Waals surface area (Å²) in [6, 6.07) is 4.31. The van der Waals surface area contributed by atoms with Gasteiger partial charge in [-0.2, -0.15) is 0 Å². The molecule has 1 N–H and O–H groups in total. The maximum Gasteiger partial charge on any atom is 0.335 e. The van der Waals surface area contributed by atoms with E-state index in [4.69, 9.17) is 9.84 Å². The van der Waals surface area contributed by atoms with Gasteiger partial charge in [0, 0.05) is 24.7 Å². The Kier molecular flexibility index (Phi) is 3.11. The molecule has 0 saturated carbocycles. The van der Waals surface area contributed by atoms with Gasteiger partial charge in [0.1, 0.15) is 5.75 Å². The number of carboxylic acid groups (broad SMARTS) is 1. The van der Waals surface area contributed by atoms with Gasteiger partial charge in [-0.1, -0.05) is 0 Å². The second-order valence-corrected chi connectivity index (χ2v) is 4.25. The number of alkyl halides is 2. The third-order valence-electron chi connectivity index (χ3n) is 2.91. The highest BCUT2D eigenvalue weighted by Gasteiger charge is 2.38. The van der Waals surface area contributed by atoms with Gasteiger partial charge in [0.15, 0.2) is 0 Å². The summed E-state index contributed by atoms with van der Waals surface area (Å²) in [4.78, 5) is 12.4. The summed E-state index contributed by atoms with van der Waals surface area (Å²) < 4.78 is 31.2. The second kappa shape index (κ2) is 4.44. The molecule has 0 bridgehead atoms. The lowest BCUT2D eigenvalue weighted by Gasteiger charge is -2.19. The van der Waals surface area contributed by atoms with E-state index in [0.717, 1.165) is 0 Å². The topological polar surface area (TPSA) is 49.8 Å². The number of halogens is 2. The summed E-state index contributed by atoms with van der Waals surface area (Å²) in [5.74, 6) is -3.48. The van der Waals surface area contributed by atoms with Gasteiger partial charge in [-0.25, -0.2) is 13.6 Å². The fraction of sp³-hybridized carbons (Fsp3) is 0.417. The maximum absolute atomic E-state index is 13.1. The Labute approximate surface area is 103 Å². The third-order valence-corrected chi connectivity index (χ3v) is 2.91. The van der Waals surface area contributed by atoms with E-state index in [1.54, 1.807) is 6.07 Å². The zero-order chi connectivity index (χ0) is 13.3. The second-order valence-electron chi connectivity index (χ2n) is 4.25. The SMILES string of the molecule is COc1cc(C(=O)O)cc(N2CCC(F)(F)C2)c1. The van der Waals surface area contributed by atoms with Gasteiger partial charge >= 0.3 is 5.97 Å². The van der Waals surface area contributed by atoms with E-state index in [1.807, 2.05) is 0 Å². The number of hydrogen-bond donors (Lipinski definition) is 1. The number of aromatic carboxylic acids is 1. The molecular weight excluding hydrogens is 244 g/mol. The van der Waals surface area contributed by atoms with Gasteiger partial charge in [-0.15, -0.1) is 0 Å². The van der Waals surface area contributed by atoms with Crippen LogP contribution in [0.1, 0.15) is 16.8 Å². The molecule has 1 fully saturated rings. The van der Waals surface area contributed by atoms with E-state index >= 15 is 0 Å². The van der Waals surface area contributed by atoms with Crippen LogP contribution in [0.3, 0.4) is 0 Å². The summed E-state index contributed by atoms with van der Waals surface area (Å²) in [5, 5.41) is 8.95. The van der Waals surface area contributed by atoms with Crippen LogP contribution in [-0.2, 0) is 0 Å². The summed E-state index contributed by atoms with van der Waals surface area (Å²) >= 11 is 0. The van der Waals surface area contributed by atoms with Crippen molar-refractivity contribution in [2.24, 2.45) is 0 Å². The van der Waals surface area contributed by atoms with E-state index in [1.165, 1.54) is 24.1 Å². The first kappa shape index (κ1) is 12.6. The lowest BCUT2D eigenvalue weighted by molar-refractivity contribution is 0.0257. The standard InChI is InChI=1S/C12H13F2NO3/c1-18-10-5-8(11(16)17)4-9(6-10)15-3-2-12(13,14)7-15/h4-6H,2-3,7H2,1H3,(H,16,17). The van der Waals surface area contributed by atoms with Crippen molar-refractivity contribution in [2.45, 2.75) is 12.3 Å². The Morgan fingerprint density at radius 2 is 2.17 bits per heavy atom. The van der Waals surface area contributed by atoms with Crippen molar-refractivity contribution >= 4 is 11.7 Å². The Hall–Kier alpha value is -1.85. The average Bonchev–Trinajstić information content (AvgIpc) is 2.69. The zero-order valence-electron chi connectivity index (χ0n) is 9.82. The normalized spacial score (nSPS) is 17.8. The van der Waals surface area contributed by atoms with Crippen molar-refractivity contribution in [3.8, 4) is 5.75 Å². The maximum atomic E-state index is 13.1. The molecule has 0 radical (unpaired) electrons. The fourth-order valence-corrected chi connectivity index (χ4v) is 1.96. The molecule has 1 aliphatic rings. The predicted octanol–water partition coefficient (Wildman–Crippen LogP) is 2.24. The first-order valence-corrected chi connectivity index (χ1v) is 5.46. The highest BCUT2D eigenvalue weighted by molar-refractivity contribution is 5.89. The van der Waals surface area contributed by atoms with Gasteiger partial charge in [0.05, 0.1) is 19.2 Å². The van der Waals surface area contributed by atoms with E-state index in [2.05, 4.69) is 0 Å². The number of hydrogen-bond acceptors (Lipinski definition) is 3. The van der Waals surface area contributed by atoms with E-state index in [0.29, 0.717) is 11.4 Å². The number of ether oxygens (including phenoxy) is 1. The van der Waals surface area contributed by atoms with E-state index < -0.39 is 11.9 Å². The molecule has 0 amide bonds. The summed E-state index contributed by atoms with van der Waals surface area (Å²) in [7, 11) is 1.41.